The number of hydrazine groups is 2. The number of hydrogen-bond acceptors (Lipinski definition) is 6. The molecule has 0 aromatic heterocycles. The number of aliphatic carboxylic acids is 2. The van der Waals surface area contributed by atoms with Gasteiger partial charge in [0.15, 0.2) is 0 Å². The first-order valence-corrected chi connectivity index (χ1v) is 6.76. The zero-order chi connectivity index (χ0) is 17.4. The molecule has 2 amide bonds. The van der Waals surface area contributed by atoms with Gasteiger partial charge in [-0.05, 0) is 25.7 Å². The van der Waals surface area contributed by atoms with Crippen molar-refractivity contribution in [3.63, 3.8) is 0 Å². The quantitative estimate of drug-likeness (QED) is 0.131. The Morgan fingerprint density at radius 3 is 1.14 bits per heavy atom. The first kappa shape index (κ1) is 22.1. The van der Waals surface area contributed by atoms with Gasteiger partial charge in [0.25, 0.3) is 0 Å². The van der Waals surface area contributed by atoms with Crippen molar-refractivity contribution in [2.45, 2.75) is 51.4 Å². The first-order valence-electron chi connectivity index (χ1n) is 6.76. The van der Waals surface area contributed by atoms with E-state index in [0.29, 0.717) is 38.5 Å². The number of amides is 2. The third-order valence-corrected chi connectivity index (χ3v) is 2.41. The summed E-state index contributed by atoms with van der Waals surface area (Å²) in [5.74, 6) is 7.42. The standard InChI is InChI=1S/2C6H12N2O3/c2*7-8-5(9)3-1-2-4-6(10)11/h2*1-4,7H2,(H,8,9)(H,10,11). The van der Waals surface area contributed by atoms with Crippen LogP contribution in [0.3, 0.4) is 0 Å². The Hall–Kier alpha value is -2.20. The van der Waals surface area contributed by atoms with E-state index in [9.17, 15) is 19.2 Å². The van der Waals surface area contributed by atoms with Crippen LogP contribution in [0.5, 0.6) is 0 Å². The van der Waals surface area contributed by atoms with E-state index in [4.69, 9.17) is 21.9 Å². The Morgan fingerprint density at radius 1 is 0.636 bits per heavy atom. The predicted molar refractivity (Wildman–Crippen MR) is 76.9 cm³/mol. The fourth-order valence-electron chi connectivity index (χ4n) is 1.27. The molecule has 22 heavy (non-hydrogen) atoms. The van der Waals surface area contributed by atoms with Gasteiger partial charge in [-0.25, -0.2) is 11.7 Å². The van der Waals surface area contributed by atoms with Crippen LogP contribution in [0.15, 0.2) is 0 Å². The third kappa shape index (κ3) is 20.1. The molecule has 0 radical (unpaired) electrons. The van der Waals surface area contributed by atoms with Crippen molar-refractivity contribution in [2.24, 2.45) is 11.7 Å². The van der Waals surface area contributed by atoms with Crippen LogP contribution < -0.4 is 22.5 Å². The Morgan fingerprint density at radius 2 is 0.909 bits per heavy atom. The van der Waals surface area contributed by atoms with E-state index in [2.05, 4.69) is 0 Å². The number of hydrogen-bond donors (Lipinski definition) is 6. The number of carboxylic acid groups (broad SMARTS) is 2. The van der Waals surface area contributed by atoms with E-state index >= 15 is 0 Å². The van der Waals surface area contributed by atoms with Crippen molar-refractivity contribution in [1.82, 2.24) is 10.9 Å². The van der Waals surface area contributed by atoms with Gasteiger partial charge in [0.2, 0.25) is 11.8 Å². The summed E-state index contributed by atoms with van der Waals surface area (Å²) in [6.07, 6.45) is 2.97. The van der Waals surface area contributed by atoms with Crippen molar-refractivity contribution in [2.75, 3.05) is 0 Å². The van der Waals surface area contributed by atoms with Gasteiger partial charge < -0.3 is 10.2 Å². The molecule has 0 spiro atoms. The summed E-state index contributed by atoms with van der Waals surface area (Å²) in [7, 11) is 0. The molecular formula is C12H24N4O6. The molecule has 0 aromatic rings. The molecule has 10 heteroatoms. The molecule has 0 saturated heterocycles. The van der Waals surface area contributed by atoms with Crippen LogP contribution in [0.2, 0.25) is 0 Å². The summed E-state index contributed by atoms with van der Waals surface area (Å²) in [6, 6.07) is 0. The second kappa shape index (κ2) is 15.2. The van der Waals surface area contributed by atoms with Gasteiger partial charge in [-0.15, -0.1) is 0 Å². The van der Waals surface area contributed by atoms with Gasteiger partial charge in [-0.3, -0.25) is 30.0 Å². The fourth-order valence-corrected chi connectivity index (χ4v) is 1.27. The molecule has 0 fully saturated rings. The minimum atomic E-state index is -0.835. The van der Waals surface area contributed by atoms with E-state index in [1.54, 1.807) is 0 Å². The average molecular weight is 320 g/mol. The highest BCUT2D eigenvalue weighted by atomic mass is 16.4. The van der Waals surface area contributed by atoms with E-state index < -0.39 is 11.9 Å². The molecule has 0 aliphatic carbocycles. The van der Waals surface area contributed by atoms with Gasteiger partial charge in [-0.2, -0.15) is 0 Å². The van der Waals surface area contributed by atoms with Gasteiger partial charge in [0.05, 0.1) is 0 Å². The van der Waals surface area contributed by atoms with E-state index in [1.165, 1.54) is 0 Å². The van der Waals surface area contributed by atoms with Crippen LogP contribution in [-0.4, -0.2) is 34.0 Å². The van der Waals surface area contributed by atoms with Gasteiger partial charge >= 0.3 is 11.9 Å². The lowest BCUT2D eigenvalue weighted by molar-refractivity contribution is -0.138. The van der Waals surface area contributed by atoms with Crippen molar-refractivity contribution in [1.29, 1.82) is 0 Å². The van der Waals surface area contributed by atoms with Gasteiger partial charge in [-0.1, -0.05) is 0 Å². The molecule has 0 aliphatic rings. The highest BCUT2D eigenvalue weighted by molar-refractivity contribution is 5.75. The maximum atomic E-state index is 10.5. The van der Waals surface area contributed by atoms with Crippen LogP contribution in [0.4, 0.5) is 0 Å². The summed E-state index contributed by atoms with van der Waals surface area (Å²) >= 11 is 0. The predicted octanol–water partition coefficient (Wildman–Crippen LogP) is -0.757. The fraction of sp³-hybridized carbons (Fsp3) is 0.667. The molecule has 0 atom stereocenters. The van der Waals surface area contributed by atoms with E-state index in [0.717, 1.165) is 0 Å². The lowest BCUT2D eigenvalue weighted by Crippen LogP contribution is -2.29. The van der Waals surface area contributed by atoms with Crippen molar-refractivity contribution >= 4 is 23.8 Å². The van der Waals surface area contributed by atoms with E-state index in [-0.39, 0.29) is 24.7 Å². The molecule has 0 rings (SSSR count). The Balaban J connectivity index is 0. The molecule has 8 N–H and O–H groups in total. The van der Waals surface area contributed by atoms with Crippen LogP contribution in [0.25, 0.3) is 0 Å². The normalized spacial score (nSPS) is 9.18. The minimum Gasteiger partial charge on any atom is -0.481 e. The zero-order valence-electron chi connectivity index (χ0n) is 12.3. The molecule has 0 unspecified atom stereocenters. The van der Waals surface area contributed by atoms with Crippen LogP contribution in [0, 0.1) is 0 Å². The Bertz CT molecular complexity index is 328. The van der Waals surface area contributed by atoms with Crippen molar-refractivity contribution in [3.05, 3.63) is 0 Å². The summed E-state index contributed by atoms with van der Waals surface area (Å²) in [4.78, 5) is 40.9. The average Bonchev–Trinajstić information content (AvgIpc) is 2.47. The first-order chi connectivity index (χ1) is 10.3. The largest absolute Gasteiger partial charge is 0.481 e. The lowest BCUT2D eigenvalue weighted by Gasteiger charge is -1.96. The number of carbonyl (C=O) groups excluding carboxylic acids is 2. The van der Waals surface area contributed by atoms with Crippen LogP contribution in [0.1, 0.15) is 51.4 Å². The molecule has 128 valence electrons. The number of carboxylic acids is 2. The highest BCUT2D eigenvalue weighted by Gasteiger charge is 2.00. The second-order valence-electron chi connectivity index (χ2n) is 4.34. The smallest absolute Gasteiger partial charge is 0.303 e. The highest BCUT2D eigenvalue weighted by Crippen LogP contribution is 1.99. The molecule has 0 aromatic carbocycles. The van der Waals surface area contributed by atoms with Crippen molar-refractivity contribution in [3.8, 4) is 0 Å². The van der Waals surface area contributed by atoms with Crippen molar-refractivity contribution < 1.29 is 29.4 Å². The monoisotopic (exact) mass is 320 g/mol. The number of nitrogens with two attached hydrogens (primary N) is 2. The number of rotatable bonds is 10. The third-order valence-electron chi connectivity index (χ3n) is 2.41. The number of unbranched alkanes of at least 4 members (excludes halogenated alkanes) is 2. The zero-order valence-corrected chi connectivity index (χ0v) is 12.3. The summed E-state index contributed by atoms with van der Waals surface area (Å²) < 4.78 is 0. The molecule has 0 aliphatic heterocycles. The summed E-state index contributed by atoms with van der Waals surface area (Å²) in [5.41, 5.74) is 3.93. The van der Waals surface area contributed by atoms with E-state index in [1.807, 2.05) is 10.9 Å². The Kier molecular flexibility index (Phi) is 15.3. The molecule has 0 saturated carbocycles. The topological polar surface area (TPSA) is 185 Å². The Labute approximate surface area is 128 Å². The minimum absolute atomic E-state index is 0.109. The van der Waals surface area contributed by atoms with Gasteiger partial charge in [0, 0.05) is 25.7 Å². The molecule has 0 heterocycles. The number of nitrogens with one attached hydrogen (secondary N) is 2. The lowest BCUT2D eigenvalue weighted by atomic mass is 10.2. The van der Waals surface area contributed by atoms with Crippen LogP contribution >= 0.6 is 0 Å². The molecule has 10 nitrogen and oxygen atoms in total. The van der Waals surface area contributed by atoms with Gasteiger partial charge in [0.1, 0.15) is 0 Å². The maximum absolute atomic E-state index is 10.5. The SMILES string of the molecule is NNC(=O)CCCCC(=O)O.NNC(=O)CCCCC(=O)O. The number of carbonyl (C=O) groups is 4. The maximum Gasteiger partial charge on any atom is 0.303 e. The molecule has 0 bridgehead atoms. The summed E-state index contributed by atoms with van der Waals surface area (Å²) in [6.45, 7) is 0. The van der Waals surface area contributed by atoms with Crippen LogP contribution in [-0.2, 0) is 19.2 Å². The summed E-state index contributed by atoms with van der Waals surface area (Å²) in [5, 5.41) is 16.4. The molecular weight excluding hydrogens is 296 g/mol. The second-order valence-corrected chi connectivity index (χ2v) is 4.34.